The summed E-state index contributed by atoms with van der Waals surface area (Å²) in [4.78, 5) is 2.24. The third kappa shape index (κ3) is 4.43. The van der Waals surface area contributed by atoms with E-state index in [1.54, 1.807) is 0 Å². The molecule has 18 heavy (non-hydrogen) atoms. The summed E-state index contributed by atoms with van der Waals surface area (Å²) >= 11 is 0. The first-order valence-electron chi connectivity index (χ1n) is 7.00. The highest BCUT2D eigenvalue weighted by molar-refractivity contribution is 4.91. The topological polar surface area (TPSA) is 15.3 Å². The molecule has 0 bridgehead atoms. The summed E-state index contributed by atoms with van der Waals surface area (Å²) in [5.41, 5.74) is 0. The summed E-state index contributed by atoms with van der Waals surface area (Å²) in [6, 6.07) is 0.898. The van der Waals surface area contributed by atoms with Crippen LogP contribution in [0.1, 0.15) is 39.0 Å². The van der Waals surface area contributed by atoms with Crippen molar-refractivity contribution in [2.24, 2.45) is 5.92 Å². The molecule has 0 aromatic rings. The molecule has 1 aliphatic carbocycles. The van der Waals surface area contributed by atoms with Crippen LogP contribution in [-0.4, -0.2) is 42.8 Å². The van der Waals surface area contributed by atoms with Crippen LogP contribution in [0.25, 0.3) is 0 Å². The molecule has 1 heterocycles. The molecule has 1 aliphatic heterocycles. The lowest BCUT2D eigenvalue weighted by atomic mass is 10.1. The summed E-state index contributed by atoms with van der Waals surface area (Å²) in [6.07, 6.45) is -0.841. The van der Waals surface area contributed by atoms with Crippen LogP contribution in [0, 0.1) is 5.92 Å². The van der Waals surface area contributed by atoms with Gasteiger partial charge in [-0.15, -0.1) is 0 Å². The van der Waals surface area contributed by atoms with Crippen molar-refractivity contribution >= 4 is 0 Å². The van der Waals surface area contributed by atoms with Gasteiger partial charge >= 0.3 is 6.18 Å². The Morgan fingerprint density at radius 1 is 1.22 bits per heavy atom. The Labute approximate surface area is 107 Å². The molecular weight excluding hydrogens is 241 g/mol. The van der Waals surface area contributed by atoms with Gasteiger partial charge in [0.2, 0.25) is 0 Å². The van der Waals surface area contributed by atoms with Crippen LogP contribution in [0.2, 0.25) is 0 Å². The van der Waals surface area contributed by atoms with E-state index < -0.39 is 12.6 Å². The maximum Gasteiger partial charge on any atom is 0.389 e. The second-order valence-electron chi connectivity index (χ2n) is 5.75. The minimum Gasteiger partial charge on any atom is -0.312 e. The Hall–Kier alpha value is -0.290. The minimum atomic E-state index is -4.01. The lowest BCUT2D eigenvalue weighted by Gasteiger charge is -2.29. The SMILES string of the molecule is CC1CCNC(C2CC2)CN1CCCC(F)(F)F. The van der Waals surface area contributed by atoms with E-state index in [-0.39, 0.29) is 6.42 Å². The zero-order valence-electron chi connectivity index (χ0n) is 11.0. The van der Waals surface area contributed by atoms with Crippen molar-refractivity contribution in [2.75, 3.05) is 19.6 Å². The predicted molar refractivity (Wildman–Crippen MR) is 65.5 cm³/mol. The maximum atomic E-state index is 12.2. The average Bonchev–Trinajstić information content (AvgIpc) is 3.05. The van der Waals surface area contributed by atoms with Crippen LogP contribution >= 0.6 is 0 Å². The van der Waals surface area contributed by atoms with Crippen LogP contribution in [0.3, 0.4) is 0 Å². The van der Waals surface area contributed by atoms with Gasteiger partial charge in [-0.2, -0.15) is 13.2 Å². The first-order valence-corrected chi connectivity index (χ1v) is 7.00. The Morgan fingerprint density at radius 2 is 1.94 bits per heavy atom. The Morgan fingerprint density at radius 3 is 2.56 bits per heavy atom. The second-order valence-corrected chi connectivity index (χ2v) is 5.75. The van der Waals surface area contributed by atoms with Gasteiger partial charge in [0.15, 0.2) is 0 Å². The number of hydrogen-bond donors (Lipinski definition) is 1. The quantitative estimate of drug-likeness (QED) is 0.840. The Kier molecular flexibility index (Phi) is 4.54. The fraction of sp³-hybridized carbons (Fsp3) is 1.00. The van der Waals surface area contributed by atoms with E-state index in [1.165, 1.54) is 12.8 Å². The molecule has 0 amide bonds. The van der Waals surface area contributed by atoms with Crippen molar-refractivity contribution in [3.63, 3.8) is 0 Å². The first kappa shape index (κ1) is 14.1. The highest BCUT2D eigenvalue weighted by atomic mass is 19.4. The van der Waals surface area contributed by atoms with Crippen molar-refractivity contribution in [2.45, 2.75) is 57.3 Å². The van der Waals surface area contributed by atoms with E-state index in [1.807, 2.05) is 0 Å². The fourth-order valence-corrected chi connectivity index (χ4v) is 2.77. The van der Waals surface area contributed by atoms with Gasteiger partial charge < -0.3 is 5.32 Å². The summed E-state index contributed by atoms with van der Waals surface area (Å²) in [7, 11) is 0. The molecule has 2 fully saturated rings. The van der Waals surface area contributed by atoms with Gasteiger partial charge in [0.1, 0.15) is 0 Å². The molecule has 0 radical (unpaired) electrons. The van der Waals surface area contributed by atoms with Crippen LogP contribution in [0.5, 0.6) is 0 Å². The van der Waals surface area contributed by atoms with Crippen molar-refractivity contribution in [1.29, 1.82) is 0 Å². The monoisotopic (exact) mass is 264 g/mol. The van der Waals surface area contributed by atoms with Crippen molar-refractivity contribution in [3.05, 3.63) is 0 Å². The molecule has 2 aliphatic rings. The van der Waals surface area contributed by atoms with Crippen LogP contribution in [0.4, 0.5) is 13.2 Å². The molecule has 2 rings (SSSR count). The zero-order chi connectivity index (χ0) is 13.2. The largest absolute Gasteiger partial charge is 0.389 e. The summed E-state index contributed by atoms with van der Waals surface area (Å²) in [6.45, 7) is 4.62. The normalized spacial score (nSPS) is 31.3. The smallest absolute Gasteiger partial charge is 0.312 e. The molecule has 0 spiro atoms. The molecule has 2 nitrogen and oxygen atoms in total. The highest BCUT2D eigenvalue weighted by Gasteiger charge is 2.35. The number of alkyl halides is 3. The van der Waals surface area contributed by atoms with E-state index in [9.17, 15) is 13.2 Å². The molecule has 5 heteroatoms. The first-order chi connectivity index (χ1) is 8.46. The van der Waals surface area contributed by atoms with Crippen LogP contribution < -0.4 is 5.32 Å². The second kappa shape index (κ2) is 5.78. The number of hydrogen-bond acceptors (Lipinski definition) is 2. The fourth-order valence-electron chi connectivity index (χ4n) is 2.77. The highest BCUT2D eigenvalue weighted by Crippen LogP contribution is 2.34. The number of nitrogens with zero attached hydrogens (tertiary/aromatic N) is 1. The van der Waals surface area contributed by atoms with Crippen molar-refractivity contribution in [3.8, 4) is 0 Å². The molecule has 2 atom stereocenters. The summed E-state index contributed by atoms with van der Waals surface area (Å²) in [5, 5.41) is 3.55. The molecule has 1 saturated heterocycles. The van der Waals surface area contributed by atoms with E-state index in [4.69, 9.17) is 0 Å². The molecule has 1 saturated carbocycles. The Balaban J connectivity index is 1.79. The van der Waals surface area contributed by atoms with Crippen molar-refractivity contribution in [1.82, 2.24) is 10.2 Å². The molecule has 1 N–H and O–H groups in total. The number of nitrogens with one attached hydrogen (secondary N) is 1. The third-order valence-corrected chi connectivity index (χ3v) is 4.12. The van der Waals surface area contributed by atoms with Crippen molar-refractivity contribution < 1.29 is 13.2 Å². The summed E-state index contributed by atoms with van der Waals surface area (Å²) in [5.74, 6) is 0.764. The number of halogens is 3. The molecule has 0 aromatic carbocycles. The van der Waals surface area contributed by atoms with E-state index >= 15 is 0 Å². The van der Waals surface area contributed by atoms with Gasteiger partial charge in [-0.05, 0) is 51.6 Å². The molecule has 106 valence electrons. The zero-order valence-corrected chi connectivity index (χ0v) is 11.0. The van der Waals surface area contributed by atoms with Gasteiger partial charge in [-0.25, -0.2) is 0 Å². The molecule has 0 aromatic heterocycles. The van der Waals surface area contributed by atoms with E-state index in [2.05, 4.69) is 17.1 Å². The van der Waals surface area contributed by atoms with Gasteiger partial charge in [0.25, 0.3) is 0 Å². The maximum absolute atomic E-state index is 12.2. The predicted octanol–water partition coefficient (Wildman–Crippen LogP) is 2.79. The van der Waals surface area contributed by atoms with E-state index in [0.717, 1.165) is 25.4 Å². The minimum absolute atomic E-state index is 0.227. The average molecular weight is 264 g/mol. The van der Waals surface area contributed by atoms with Gasteiger partial charge in [0, 0.05) is 25.0 Å². The van der Waals surface area contributed by atoms with E-state index in [0.29, 0.717) is 18.6 Å². The van der Waals surface area contributed by atoms with Crippen LogP contribution in [0.15, 0.2) is 0 Å². The van der Waals surface area contributed by atoms with Gasteiger partial charge in [-0.1, -0.05) is 0 Å². The molecular formula is C13H23F3N2. The lowest BCUT2D eigenvalue weighted by Crippen LogP contribution is -2.41. The lowest BCUT2D eigenvalue weighted by molar-refractivity contribution is -0.136. The van der Waals surface area contributed by atoms with Gasteiger partial charge in [0.05, 0.1) is 0 Å². The summed E-state index contributed by atoms with van der Waals surface area (Å²) < 4.78 is 36.5. The standard InChI is InChI=1S/C13H23F3N2/c1-10-5-7-17-12(11-3-4-11)9-18(10)8-2-6-13(14,15)16/h10-12,17H,2-9H2,1H3. The molecule has 2 unspecified atom stereocenters. The van der Waals surface area contributed by atoms with Crippen LogP contribution in [-0.2, 0) is 0 Å². The number of rotatable bonds is 4. The Bertz CT molecular complexity index is 263. The third-order valence-electron chi connectivity index (χ3n) is 4.12. The van der Waals surface area contributed by atoms with Gasteiger partial charge in [-0.3, -0.25) is 4.90 Å².